The van der Waals surface area contributed by atoms with E-state index in [0.717, 1.165) is 7.11 Å². The molecule has 0 aliphatic carbocycles. The molecule has 90 valence electrons. The molecule has 0 aromatic carbocycles. The van der Waals surface area contributed by atoms with Gasteiger partial charge in [-0.2, -0.15) is 5.26 Å². The van der Waals surface area contributed by atoms with Gasteiger partial charge < -0.3 is 4.74 Å². The third kappa shape index (κ3) is 2.97. The van der Waals surface area contributed by atoms with Gasteiger partial charge in [0.1, 0.15) is 11.8 Å². The molecule has 0 saturated carbocycles. The molecule has 0 N–H and O–H groups in total. The minimum absolute atomic E-state index is 0.0695. The number of esters is 1. The highest BCUT2D eigenvalue weighted by molar-refractivity contribution is 5.73. The second kappa shape index (κ2) is 5.34. The lowest BCUT2D eigenvalue weighted by Gasteiger charge is -2.10. The fourth-order valence-electron chi connectivity index (χ4n) is 1.41. The van der Waals surface area contributed by atoms with Crippen LogP contribution in [0.4, 0.5) is 8.78 Å². The van der Waals surface area contributed by atoms with E-state index >= 15 is 0 Å². The van der Waals surface area contributed by atoms with Crippen molar-refractivity contribution in [2.45, 2.75) is 19.8 Å². The lowest BCUT2D eigenvalue weighted by atomic mass is 10.0. The maximum Gasteiger partial charge on any atom is 0.310 e. The number of ether oxygens (including phenoxy) is 1. The second-order valence-electron chi connectivity index (χ2n) is 3.35. The van der Waals surface area contributed by atoms with Gasteiger partial charge in [-0.25, -0.2) is 13.8 Å². The first-order valence-electron chi connectivity index (χ1n) is 4.75. The predicted molar refractivity (Wildman–Crippen MR) is 54.4 cm³/mol. The molecule has 1 heterocycles. The number of aromatic nitrogens is 1. The SMILES string of the molecule is COC(=O)Cc1c(C(F)F)cc(C)nc1C#N. The highest BCUT2D eigenvalue weighted by Crippen LogP contribution is 2.26. The average molecular weight is 240 g/mol. The van der Waals surface area contributed by atoms with Crippen molar-refractivity contribution in [2.24, 2.45) is 0 Å². The summed E-state index contributed by atoms with van der Waals surface area (Å²) in [5.74, 6) is -0.686. The minimum atomic E-state index is -2.76. The molecule has 1 aromatic heterocycles. The van der Waals surface area contributed by atoms with Crippen molar-refractivity contribution in [3.8, 4) is 6.07 Å². The number of pyridine rings is 1. The highest BCUT2D eigenvalue weighted by Gasteiger charge is 2.20. The summed E-state index contributed by atoms with van der Waals surface area (Å²) in [6.07, 6.45) is -3.14. The Morgan fingerprint density at radius 1 is 1.65 bits per heavy atom. The van der Waals surface area contributed by atoms with Gasteiger partial charge in [0, 0.05) is 16.8 Å². The number of hydrogen-bond donors (Lipinski definition) is 0. The summed E-state index contributed by atoms with van der Waals surface area (Å²) in [5, 5.41) is 8.83. The number of rotatable bonds is 3. The van der Waals surface area contributed by atoms with Gasteiger partial charge in [-0.3, -0.25) is 4.79 Å². The molecule has 0 amide bonds. The molecule has 4 nitrogen and oxygen atoms in total. The number of carbonyl (C=O) groups excluding carboxylic acids is 1. The molecule has 0 spiro atoms. The van der Waals surface area contributed by atoms with Crippen LogP contribution in [0.1, 0.15) is 28.9 Å². The van der Waals surface area contributed by atoms with Crippen LogP contribution in [0.2, 0.25) is 0 Å². The smallest absolute Gasteiger partial charge is 0.310 e. The molecule has 6 heteroatoms. The largest absolute Gasteiger partial charge is 0.469 e. The molecule has 0 atom stereocenters. The zero-order valence-corrected chi connectivity index (χ0v) is 9.33. The van der Waals surface area contributed by atoms with Crippen LogP contribution in [0.15, 0.2) is 6.07 Å². The molecule has 0 radical (unpaired) electrons. The number of halogens is 2. The predicted octanol–water partition coefficient (Wildman–Crippen LogP) is 1.91. The number of methoxy groups -OCH3 is 1. The molecular formula is C11H10F2N2O2. The van der Waals surface area contributed by atoms with Gasteiger partial charge in [0.05, 0.1) is 13.5 Å². The minimum Gasteiger partial charge on any atom is -0.469 e. The Morgan fingerprint density at radius 2 is 2.29 bits per heavy atom. The van der Waals surface area contributed by atoms with E-state index in [1.165, 1.54) is 13.0 Å². The van der Waals surface area contributed by atoms with Crippen LogP contribution < -0.4 is 0 Å². The molecule has 0 aliphatic rings. The topological polar surface area (TPSA) is 63.0 Å². The number of hydrogen-bond acceptors (Lipinski definition) is 4. The summed E-state index contributed by atoms with van der Waals surface area (Å²) < 4.78 is 30.0. The van der Waals surface area contributed by atoms with Gasteiger partial charge in [-0.1, -0.05) is 0 Å². The Morgan fingerprint density at radius 3 is 2.76 bits per heavy atom. The van der Waals surface area contributed by atoms with E-state index in [9.17, 15) is 13.6 Å². The van der Waals surface area contributed by atoms with Gasteiger partial charge in [0.15, 0.2) is 0 Å². The molecular weight excluding hydrogens is 230 g/mol. The van der Waals surface area contributed by atoms with Crippen molar-refractivity contribution in [1.82, 2.24) is 4.98 Å². The van der Waals surface area contributed by atoms with E-state index in [2.05, 4.69) is 9.72 Å². The number of nitriles is 1. The van der Waals surface area contributed by atoms with Crippen LogP contribution in [0.3, 0.4) is 0 Å². The summed E-state index contributed by atoms with van der Waals surface area (Å²) >= 11 is 0. The highest BCUT2D eigenvalue weighted by atomic mass is 19.3. The van der Waals surface area contributed by atoms with Crippen LogP contribution in [-0.4, -0.2) is 18.1 Å². The first kappa shape index (κ1) is 13.0. The summed E-state index contributed by atoms with van der Waals surface area (Å²) in [7, 11) is 1.15. The first-order chi connectivity index (χ1) is 7.99. The fraction of sp³-hybridized carbons (Fsp3) is 0.364. The van der Waals surface area contributed by atoms with Gasteiger partial charge in [0.2, 0.25) is 0 Å². The number of aryl methyl sites for hydroxylation is 1. The van der Waals surface area contributed by atoms with Crippen molar-refractivity contribution < 1.29 is 18.3 Å². The molecule has 17 heavy (non-hydrogen) atoms. The quantitative estimate of drug-likeness (QED) is 0.757. The van der Waals surface area contributed by atoms with Gasteiger partial charge in [-0.05, 0) is 13.0 Å². The van der Waals surface area contributed by atoms with E-state index in [4.69, 9.17) is 5.26 Å². The Bertz CT molecular complexity index is 481. The number of alkyl halides is 2. The molecule has 0 bridgehead atoms. The first-order valence-corrected chi connectivity index (χ1v) is 4.75. The maximum absolute atomic E-state index is 12.8. The molecule has 1 aromatic rings. The van der Waals surface area contributed by atoms with E-state index in [0.29, 0.717) is 5.69 Å². The van der Waals surface area contributed by atoms with Gasteiger partial charge >= 0.3 is 5.97 Å². The summed E-state index contributed by atoms with van der Waals surface area (Å²) in [6, 6.07) is 2.88. The van der Waals surface area contributed by atoms with Crippen molar-refractivity contribution in [3.63, 3.8) is 0 Å². The molecule has 1 rings (SSSR count). The molecule has 0 aliphatic heterocycles. The Labute approximate surface area is 96.8 Å². The van der Waals surface area contributed by atoms with Crippen LogP contribution in [-0.2, 0) is 16.0 Å². The number of carbonyl (C=O) groups is 1. The van der Waals surface area contributed by atoms with E-state index in [1.807, 2.05) is 0 Å². The van der Waals surface area contributed by atoms with Crippen LogP contribution in [0.25, 0.3) is 0 Å². The van der Waals surface area contributed by atoms with Crippen molar-refractivity contribution >= 4 is 5.97 Å². The Balaban J connectivity index is 3.33. The number of nitrogens with zero attached hydrogens (tertiary/aromatic N) is 2. The lowest BCUT2D eigenvalue weighted by molar-refractivity contribution is -0.139. The third-order valence-corrected chi connectivity index (χ3v) is 2.18. The van der Waals surface area contributed by atoms with Crippen molar-refractivity contribution in [1.29, 1.82) is 5.26 Å². The van der Waals surface area contributed by atoms with Gasteiger partial charge in [0.25, 0.3) is 6.43 Å². The van der Waals surface area contributed by atoms with E-state index < -0.39 is 12.4 Å². The summed E-state index contributed by atoms with van der Waals surface area (Å²) in [5.41, 5.74) is -0.268. The van der Waals surface area contributed by atoms with Crippen LogP contribution in [0, 0.1) is 18.3 Å². The lowest BCUT2D eigenvalue weighted by Crippen LogP contribution is -2.11. The van der Waals surface area contributed by atoms with E-state index in [-0.39, 0.29) is 23.2 Å². The normalized spacial score (nSPS) is 10.1. The zero-order chi connectivity index (χ0) is 13.0. The monoisotopic (exact) mass is 240 g/mol. The van der Waals surface area contributed by atoms with Crippen LogP contribution >= 0.6 is 0 Å². The zero-order valence-electron chi connectivity index (χ0n) is 9.33. The van der Waals surface area contributed by atoms with Gasteiger partial charge in [-0.15, -0.1) is 0 Å². The fourth-order valence-corrected chi connectivity index (χ4v) is 1.41. The summed E-state index contributed by atoms with van der Waals surface area (Å²) in [6.45, 7) is 1.51. The molecule has 0 unspecified atom stereocenters. The third-order valence-electron chi connectivity index (χ3n) is 2.18. The Hall–Kier alpha value is -2.03. The average Bonchev–Trinajstić information content (AvgIpc) is 2.30. The Kier molecular flexibility index (Phi) is 4.10. The second-order valence-corrected chi connectivity index (χ2v) is 3.35. The summed E-state index contributed by atoms with van der Waals surface area (Å²) in [4.78, 5) is 14.9. The maximum atomic E-state index is 12.8. The van der Waals surface area contributed by atoms with Crippen molar-refractivity contribution in [3.05, 3.63) is 28.6 Å². The molecule has 0 fully saturated rings. The van der Waals surface area contributed by atoms with E-state index in [1.54, 1.807) is 6.07 Å². The standard InChI is InChI=1S/C11H10F2N2O2/c1-6-3-8(11(12)13)7(4-10(16)17-2)9(5-14)15-6/h3,11H,4H2,1-2H3. The van der Waals surface area contributed by atoms with Crippen LogP contribution in [0.5, 0.6) is 0 Å². The molecule has 0 saturated heterocycles. The van der Waals surface area contributed by atoms with Crippen molar-refractivity contribution in [2.75, 3.05) is 7.11 Å².